The van der Waals surface area contributed by atoms with E-state index in [9.17, 15) is 22.8 Å². The van der Waals surface area contributed by atoms with Gasteiger partial charge in [-0.05, 0) is 80.5 Å². The van der Waals surface area contributed by atoms with Crippen LogP contribution in [0.1, 0.15) is 73.9 Å². The molecule has 0 aliphatic carbocycles. The van der Waals surface area contributed by atoms with E-state index in [1.54, 1.807) is 29.2 Å². The predicted molar refractivity (Wildman–Crippen MR) is 167 cm³/mol. The number of halogens is 3. The van der Waals surface area contributed by atoms with Gasteiger partial charge in [0, 0.05) is 37.2 Å². The zero-order chi connectivity index (χ0) is 31.7. The number of esters is 1. The quantitative estimate of drug-likeness (QED) is 0.196. The van der Waals surface area contributed by atoms with Gasteiger partial charge < -0.3 is 14.5 Å². The fourth-order valence-corrected chi connectivity index (χ4v) is 6.41. The number of hydrogen-bond donors (Lipinski definition) is 0. The molecule has 0 N–H and O–H groups in total. The number of alkyl halides is 3. The van der Waals surface area contributed by atoms with E-state index in [2.05, 4.69) is 24.0 Å². The Morgan fingerprint density at radius 3 is 2.14 bits per heavy atom. The van der Waals surface area contributed by atoms with Crippen molar-refractivity contribution in [3.63, 3.8) is 0 Å². The molecule has 5 nitrogen and oxygen atoms in total. The highest BCUT2D eigenvalue weighted by Gasteiger charge is 2.34. The largest absolute Gasteiger partial charge is 0.466 e. The highest BCUT2D eigenvalue weighted by atomic mass is 19.4. The molecule has 44 heavy (non-hydrogen) atoms. The summed E-state index contributed by atoms with van der Waals surface area (Å²) >= 11 is 0. The molecule has 3 aromatic rings. The first kappa shape index (κ1) is 33.2. The lowest BCUT2D eigenvalue weighted by Crippen LogP contribution is -2.46. The van der Waals surface area contributed by atoms with Gasteiger partial charge in [-0.1, -0.05) is 67.6 Å². The maximum Gasteiger partial charge on any atom is 0.416 e. The summed E-state index contributed by atoms with van der Waals surface area (Å²) in [4.78, 5) is 30.4. The average Bonchev–Trinajstić information content (AvgIpc) is 3.04. The van der Waals surface area contributed by atoms with E-state index in [0.29, 0.717) is 29.7 Å². The number of carbonyl (C=O) groups is 2. The van der Waals surface area contributed by atoms with Crippen LogP contribution >= 0.6 is 0 Å². The minimum Gasteiger partial charge on any atom is -0.466 e. The summed E-state index contributed by atoms with van der Waals surface area (Å²) in [7, 11) is 1.82. The zero-order valence-corrected chi connectivity index (χ0v) is 25.9. The van der Waals surface area contributed by atoms with Crippen LogP contribution in [0, 0.1) is 0 Å². The molecule has 8 heteroatoms. The van der Waals surface area contributed by atoms with E-state index in [-0.39, 0.29) is 23.3 Å². The Bertz CT molecular complexity index is 1370. The highest BCUT2D eigenvalue weighted by molar-refractivity contribution is 6.01. The number of benzene rings is 3. The van der Waals surface area contributed by atoms with Crippen molar-refractivity contribution in [2.24, 2.45) is 0 Å². The van der Waals surface area contributed by atoms with Crippen molar-refractivity contribution in [2.75, 3.05) is 33.3 Å². The van der Waals surface area contributed by atoms with Crippen molar-refractivity contribution in [3.8, 4) is 11.1 Å². The van der Waals surface area contributed by atoms with Gasteiger partial charge in [0.1, 0.15) is 0 Å². The van der Waals surface area contributed by atoms with Crippen LogP contribution in [-0.2, 0) is 21.1 Å². The minimum atomic E-state index is -4.41. The Morgan fingerprint density at radius 1 is 0.886 bits per heavy atom. The summed E-state index contributed by atoms with van der Waals surface area (Å²) in [6.45, 7) is 7.00. The third-order valence-electron chi connectivity index (χ3n) is 9.09. The molecule has 0 aromatic heterocycles. The number of rotatable bonds is 12. The van der Waals surface area contributed by atoms with Crippen molar-refractivity contribution in [3.05, 3.63) is 95.6 Å². The van der Waals surface area contributed by atoms with Crippen LogP contribution < -0.4 is 0 Å². The van der Waals surface area contributed by atoms with Gasteiger partial charge in [-0.3, -0.25) is 9.59 Å². The van der Waals surface area contributed by atoms with Gasteiger partial charge in [-0.15, -0.1) is 0 Å². The van der Waals surface area contributed by atoms with Gasteiger partial charge in [-0.2, -0.15) is 13.2 Å². The Hall–Kier alpha value is -3.65. The number of carbonyl (C=O) groups excluding carboxylic acids is 2. The molecule has 1 aliphatic rings. The van der Waals surface area contributed by atoms with Crippen LogP contribution in [0.25, 0.3) is 11.1 Å². The fraction of sp³-hybridized carbons (Fsp3) is 0.444. The second-order valence-corrected chi connectivity index (χ2v) is 11.7. The molecule has 1 fully saturated rings. The van der Waals surface area contributed by atoms with Gasteiger partial charge in [0.05, 0.1) is 18.6 Å². The standard InChI is InChI=1S/C36H43F3N2O3/c1-4-35(26-33(42)44-5-2,28-12-7-6-8-13-28)22-11-23-41-24-20-30(21-25-41)40(3)34(43)32-15-10-9-14-31(32)27-16-18-29(19-17-27)36(37,38)39/h6-10,12-19,30H,4-5,11,20-26H2,1-3H3. The fourth-order valence-electron chi connectivity index (χ4n) is 6.41. The summed E-state index contributed by atoms with van der Waals surface area (Å²) in [5.41, 5.74) is 1.87. The molecular weight excluding hydrogens is 565 g/mol. The molecule has 1 aliphatic heterocycles. The van der Waals surface area contributed by atoms with Crippen LogP contribution in [-0.4, -0.2) is 61.0 Å². The van der Waals surface area contributed by atoms with E-state index in [0.717, 1.165) is 63.9 Å². The Morgan fingerprint density at radius 2 is 1.52 bits per heavy atom. The number of likely N-dealkylation sites (tertiary alicyclic amines) is 1. The molecule has 0 spiro atoms. The Labute approximate surface area is 259 Å². The van der Waals surface area contributed by atoms with Crippen molar-refractivity contribution >= 4 is 11.9 Å². The zero-order valence-electron chi connectivity index (χ0n) is 25.9. The normalized spacial score (nSPS) is 15.9. The molecule has 1 heterocycles. The van der Waals surface area contributed by atoms with Crippen molar-refractivity contribution < 1.29 is 27.5 Å². The van der Waals surface area contributed by atoms with Crippen LogP contribution in [0.15, 0.2) is 78.9 Å². The number of ether oxygens (including phenoxy) is 1. The van der Waals surface area contributed by atoms with Gasteiger partial charge in [0.15, 0.2) is 0 Å². The third kappa shape index (κ3) is 8.08. The number of hydrogen-bond acceptors (Lipinski definition) is 4. The second kappa shape index (κ2) is 14.9. The molecule has 1 amide bonds. The van der Waals surface area contributed by atoms with Gasteiger partial charge in [-0.25, -0.2) is 0 Å². The first-order chi connectivity index (χ1) is 21.1. The van der Waals surface area contributed by atoms with Crippen LogP contribution in [0.3, 0.4) is 0 Å². The summed E-state index contributed by atoms with van der Waals surface area (Å²) in [6.07, 6.45) is 0.305. The third-order valence-corrected chi connectivity index (χ3v) is 9.09. The number of nitrogens with zero attached hydrogens (tertiary/aromatic N) is 2. The Kier molecular flexibility index (Phi) is 11.2. The van der Waals surface area contributed by atoms with E-state index < -0.39 is 11.7 Å². The lowest BCUT2D eigenvalue weighted by molar-refractivity contribution is -0.145. The molecule has 1 atom stereocenters. The van der Waals surface area contributed by atoms with Crippen molar-refractivity contribution in [1.29, 1.82) is 0 Å². The maximum atomic E-state index is 13.6. The van der Waals surface area contributed by atoms with Crippen LogP contribution in [0.4, 0.5) is 13.2 Å². The molecule has 1 saturated heterocycles. The maximum absolute atomic E-state index is 13.6. The van der Waals surface area contributed by atoms with E-state index in [1.165, 1.54) is 17.7 Å². The highest BCUT2D eigenvalue weighted by Crippen LogP contribution is 2.37. The topological polar surface area (TPSA) is 49.9 Å². The van der Waals surface area contributed by atoms with E-state index in [4.69, 9.17) is 4.74 Å². The lowest BCUT2D eigenvalue weighted by atomic mass is 9.72. The van der Waals surface area contributed by atoms with E-state index in [1.807, 2.05) is 32.2 Å². The van der Waals surface area contributed by atoms with Crippen LogP contribution in [0.5, 0.6) is 0 Å². The smallest absolute Gasteiger partial charge is 0.416 e. The first-order valence-electron chi connectivity index (χ1n) is 15.6. The summed E-state index contributed by atoms with van der Waals surface area (Å²) in [6, 6.07) is 22.4. The molecule has 4 rings (SSSR count). The average molecular weight is 609 g/mol. The minimum absolute atomic E-state index is 0.0716. The van der Waals surface area contributed by atoms with Gasteiger partial charge in [0.25, 0.3) is 5.91 Å². The second-order valence-electron chi connectivity index (χ2n) is 11.7. The molecule has 236 valence electrons. The van der Waals surface area contributed by atoms with Crippen molar-refractivity contribution in [1.82, 2.24) is 9.80 Å². The summed E-state index contributed by atoms with van der Waals surface area (Å²) < 4.78 is 44.5. The van der Waals surface area contributed by atoms with Crippen molar-refractivity contribution in [2.45, 2.75) is 70.0 Å². The number of piperidine rings is 1. The summed E-state index contributed by atoms with van der Waals surface area (Å²) in [5, 5.41) is 0. The SMILES string of the molecule is CCOC(=O)CC(CC)(CCCN1CCC(N(C)C(=O)c2ccccc2-c2ccc(C(F)(F)F)cc2)CC1)c1ccccc1. The lowest BCUT2D eigenvalue weighted by Gasteiger charge is -2.38. The molecule has 1 unspecified atom stereocenters. The Balaban J connectivity index is 1.35. The van der Waals surface area contributed by atoms with E-state index >= 15 is 0 Å². The molecule has 0 bridgehead atoms. The monoisotopic (exact) mass is 608 g/mol. The molecule has 0 radical (unpaired) electrons. The first-order valence-corrected chi connectivity index (χ1v) is 15.6. The number of amides is 1. The summed E-state index contributed by atoms with van der Waals surface area (Å²) in [5.74, 6) is -0.292. The van der Waals surface area contributed by atoms with Crippen LogP contribution in [0.2, 0.25) is 0 Å². The van der Waals surface area contributed by atoms with Gasteiger partial charge in [0.2, 0.25) is 0 Å². The molecule has 3 aromatic carbocycles. The predicted octanol–water partition coefficient (Wildman–Crippen LogP) is 7.99. The van der Waals surface area contributed by atoms with Gasteiger partial charge >= 0.3 is 12.1 Å². The molecule has 0 saturated carbocycles. The molecular formula is C36H43F3N2O3.